The summed E-state index contributed by atoms with van der Waals surface area (Å²) in [5, 5.41) is 5.44. The van der Waals surface area contributed by atoms with Crippen molar-refractivity contribution < 1.29 is 4.79 Å². The van der Waals surface area contributed by atoms with Crippen LogP contribution >= 0.6 is 15.9 Å². The smallest absolute Gasteiger partial charge is 0.319 e. The van der Waals surface area contributed by atoms with Crippen LogP contribution in [0.25, 0.3) is 0 Å². The summed E-state index contributed by atoms with van der Waals surface area (Å²) in [6.07, 6.45) is 0.901. The van der Waals surface area contributed by atoms with E-state index in [2.05, 4.69) is 26.6 Å². The van der Waals surface area contributed by atoms with Gasteiger partial charge in [-0.15, -0.1) is 0 Å². The standard InChI is InChI=1S/C11H16BrN3O/c1-3-4-14-11(16)15-10-8(12)5-7(2)6-9(10)13/h5-6H,3-4,13H2,1-2H3,(H2,14,15,16). The van der Waals surface area contributed by atoms with Gasteiger partial charge in [0.25, 0.3) is 0 Å². The van der Waals surface area contributed by atoms with Crippen LogP contribution in [-0.2, 0) is 0 Å². The summed E-state index contributed by atoms with van der Waals surface area (Å²) in [7, 11) is 0. The molecule has 1 aromatic carbocycles. The molecule has 0 fully saturated rings. The Morgan fingerprint density at radius 1 is 1.50 bits per heavy atom. The molecule has 1 aromatic rings. The van der Waals surface area contributed by atoms with Gasteiger partial charge in [0.15, 0.2) is 0 Å². The molecule has 4 N–H and O–H groups in total. The first-order valence-corrected chi connectivity index (χ1v) is 5.94. The molecule has 0 heterocycles. The molecule has 0 saturated heterocycles. The molecular weight excluding hydrogens is 270 g/mol. The zero-order valence-electron chi connectivity index (χ0n) is 9.43. The number of aryl methyl sites for hydroxylation is 1. The second-order valence-electron chi connectivity index (χ2n) is 3.59. The molecule has 0 unspecified atom stereocenters. The highest BCUT2D eigenvalue weighted by atomic mass is 79.9. The minimum absolute atomic E-state index is 0.238. The number of nitrogens with one attached hydrogen (secondary N) is 2. The summed E-state index contributed by atoms with van der Waals surface area (Å²) in [6, 6.07) is 3.49. The van der Waals surface area contributed by atoms with Crippen molar-refractivity contribution in [2.24, 2.45) is 0 Å². The number of hydrogen-bond acceptors (Lipinski definition) is 2. The largest absolute Gasteiger partial charge is 0.397 e. The van der Waals surface area contributed by atoms with Gasteiger partial charge in [-0.3, -0.25) is 0 Å². The van der Waals surface area contributed by atoms with E-state index >= 15 is 0 Å². The summed E-state index contributed by atoms with van der Waals surface area (Å²) >= 11 is 3.37. The van der Waals surface area contributed by atoms with Gasteiger partial charge in [0.05, 0.1) is 11.4 Å². The van der Waals surface area contributed by atoms with E-state index in [-0.39, 0.29) is 6.03 Å². The van der Waals surface area contributed by atoms with Crippen molar-refractivity contribution >= 4 is 33.3 Å². The number of urea groups is 1. The number of benzene rings is 1. The average Bonchev–Trinajstić information content (AvgIpc) is 2.20. The van der Waals surface area contributed by atoms with E-state index in [9.17, 15) is 4.79 Å². The predicted octanol–water partition coefficient (Wildman–Crippen LogP) is 2.87. The number of rotatable bonds is 3. The van der Waals surface area contributed by atoms with Crippen molar-refractivity contribution in [1.82, 2.24) is 5.32 Å². The van der Waals surface area contributed by atoms with Crippen molar-refractivity contribution in [3.8, 4) is 0 Å². The van der Waals surface area contributed by atoms with Crippen molar-refractivity contribution in [3.63, 3.8) is 0 Å². The van der Waals surface area contributed by atoms with Gasteiger partial charge < -0.3 is 16.4 Å². The first-order valence-electron chi connectivity index (χ1n) is 5.15. The van der Waals surface area contributed by atoms with Gasteiger partial charge in [-0.2, -0.15) is 0 Å². The zero-order chi connectivity index (χ0) is 12.1. The molecule has 0 aliphatic heterocycles. The number of carbonyl (C=O) groups excluding carboxylic acids is 1. The Morgan fingerprint density at radius 2 is 2.19 bits per heavy atom. The Morgan fingerprint density at radius 3 is 2.75 bits per heavy atom. The zero-order valence-corrected chi connectivity index (χ0v) is 11.0. The molecular formula is C11H16BrN3O. The Labute approximate surface area is 104 Å². The first kappa shape index (κ1) is 12.8. The molecule has 16 heavy (non-hydrogen) atoms. The Hall–Kier alpha value is -1.23. The maximum Gasteiger partial charge on any atom is 0.319 e. The first-order chi connectivity index (χ1) is 7.54. The molecule has 0 saturated carbocycles. The lowest BCUT2D eigenvalue weighted by molar-refractivity contribution is 0.252. The highest BCUT2D eigenvalue weighted by molar-refractivity contribution is 9.10. The number of halogens is 1. The van der Waals surface area contributed by atoms with E-state index in [0.717, 1.165) is 16.5 Å². The summed E-state index contributed by atoms with van der Waals surface area (Å²) in [4.78, 5) is 11.5. The van der Waals surface area contributed by atoms with Gasteiger partial charge in [-0.05, 0) is 47.0 Å². The molecule has 0 radical (unpaired) electrons. The second kappa shape index (κ2) is 5.75. The number of nitrogen functional groups attached to an aromatic ring is 1. The van der Waals surface area contributed by atoms with Crippen molar-refractivity contribution in [3.05, 3.63) is 22.2 Å². The third kappa shape index (κ3) is 3.41. The van der Waals surface area contributed by atoms with E-state index in [1.54, 1.807) is 0 Å². The molecule has 0 spiro atoms. The summed E-state index contributed by atoms with van der Waals surface area (Å²) < 4.78 is 0.789. The summed E-state index contributed by atoms with van der Waals surface area (Å²) in [5.41, 5.74) is 8.04. The number of carbonyl (C=O) groups is 1. The minimum atomic E-state index is -0.238. The topological polar surface area (TPSA) is 67.2 Å². The van der Waals surface area contributed by atoms with Crippen LogP contribution in [0.3, 0.4) is 0 Å². The van der Waals surface area contributed by atoms with Crippen LogP contribution < -0.4 is 16.4 Å². The normalized spacial score (nSPS) is 9.94. The van der Waals surface area contributed by atoms with Gasteiger partial charge in [0, 0.05) is 11.0 Å². The average molecular weight is 286 g/mol. The van der Waals surface area contributed by atoms with Crippen molar-refractivity contribution in [2.75, 3.05) is 17.6 Å². The lowest BCUT2D eigenvalue weighted by Gasteiger charge is -2.11. The monoisotopic (exact) mass is 285 g/mol. The molecule has 88 valence electrons. The third-order valence-corrected chi connectivity index (χ3v) is 2.66. The Kier molecular flexibility index (Phi) is 4.61. The number of amides is 2. The van der Waals surface area contributed by atoms with Crippen LogP contribution in [0.1, 0.15) is 18.9 Å². The van der Waals surface area contributed by atoms with E-state index < -0.39 is 0 Å². The number of anilines is 2. The summed E-state index contributed by atoms with van der Waals surface area (Å²) in [5.74, 6) is 0. The Balaban J connectivity index is 2.77. The molecule has 1 rings (SSSR count). The van der Waals surface area contributed by atoms with Crippen LogP contribution in [0, 0.1) is 6.92 Å². The van der Waals surface area contributed by atoms with Gasteiger partial charge in [-0.1, -0.05) is 6.92 Å². The van der Waals surface area contributed by atoms with Crippen LogP contribution in [0.15, 0.2) is 16.6 Å². The highest BCUT2D eigenvalue weighted by Gasteiger charge is 2.08. The van der Waals surface area contributed by atoms with Crippen LogP contribution in [0.4, 0.5) is 16.2 Å². The maximum atomic E-state index is 11.5. The third-order valence-electron chi connectivity index (χ3n) is 2.04. The lowest BCUT2D eigenvalue weighted by Crippen LogP contribution is -2.29. The van der Waals surface area contributed by atoms with Gasteiger partial charge in [0.1, 0.15) is 0 Å². The van der Waals surface area contributed by atoms with E-state index in [0.29, 0.717) is 17.9 Å². The highest BCUT2D eigenvalue weighted by Crippen LogP contribution is 2.29. The van der Waals surface area contributed by atoms with Crippen molar-refractivity contribution in [2.45, 2.75) is 20.3 Å². The maximum absolute atomic E-state index is 11.5. The van der Waals surface area contributed by atoms with E-state index in [1.165, 1.54) is 0 Å². The molecule has 0 aromatic heterocycles. The lowest BCUT2D eigenvalue weighted by atomic mass is 10.2. The van der Waals surface area contributed by atoms with Crippen LogP contribution in [0.2, 0.25) is 0 Å². The molecule has 4 nitrogen and oxygen atoms in total. The fourth-order valence-electron chi connectivity index (χ4n) is 1.30. The SMILES string of the molecule is CCCNC(=O)Nc1c(N)cc(C)cc1Br. The summed E-state index contributed by atoms with van der Waals surface area (Å²) in [6.45, 7) is 4.59. The van der Waals surface area contributed by atoms with Gasteiger partial charge >= 0.3 is 6.03 Å². The van der Waals surface area contributed by atoms with Crippen LogP contribution in [0.5, 0.6) is 0 Å². The van der Waals surface area contributed by atoms with E-state index in [1.807, 2.05) is 26.0 Å². The minimum Gasteiger partial charge on any atom is -0.397 e. The van der Waals surface area contributed by atoms with E-state index in [4.69, 9.17) is 5.73 Å². The fourth-order valence-corrected chi connectivity index (χ4v) is 1.99. The molecule has 5 heteroatoms. The molecule has 2 amide bonds. The molecule has 0 aliphatic rings. The second-order valence-corrected chi connectivity index (χ2v) is 4.45. The fraction of sp³-hybridized carbons (Fsp3) is 0.364. The molecule has 0 atom stereocenters. The quantitative estimate of drug-likeness (QED) is 0.748. The van der Waals surface area contributed by atoms with Gasteiger partial charge in [-0.25, -0.2) is 4.79 Å². The Bertz CT molecular complexity index is 370. The van der Waals surface area contributed by atoms with Gasteiger partial charge in [0.2, 0.25) is 0 Å². The predicted molar refractivity (Wildman–Crippen MR) is 70.6 cm³/mol. The van der Waals surface area contributed by atoms with Crippen LogP contribution in [-0.4, -0.2) is 12.6 Å². The number of nitrogens with two attached hydrogens (primary N) is 1. The molecule has 0 bridgehead atoms. The molecule has 0 aliphatic carbocycles. The number of hydrogen-bond donors (Lipinski definition) is 3. The van der Waals surface area contributed by atoms with Crippen molar-refractivity contribution in [1.29, 1.82) is 0 Å².